The van der Waals surface area contributed by atoms with E-state index in [1.54, 1.807) is 88.4 Å². The number of nitriles is 2. The Morgan fingerprint density at radius 2 is 0.857 bits per heavy atom. The third-order valence-electron chi connectivity index (χ3n) is 15.1. The number of aromatic nitrogens is 8. The van der Waals surface area contributed by atoms with Gasteiger partial charge >= 0.3 is 63.4 Å². The van der Waals surface area contributed by atoms with Crippen molar-refractivity contribution < 1.29 is 85.8 Å². The van der Waals surface area contributed by atoms with Crippen molar-refractivity contribution >= 4 is 192 Å². The third kappa shape index (κ3) is 46.1. The van der Waals surface area contributed by atoms with Crippen LogP contribution in [0.3, 0.4) is 0 Å². The van der Waals surface area contributed by atoms with Gasteiger partial charge in [-0.1, -0.05) is 36.6 Å². The van der Waals surface area contributed by atoms with E-state index in [1.807, 2.05) is 99.8 Å². The average molecular weight is 2160 g/mol. The molecule has 33 heteroatoms. The molecule has 606 valence electrons. The van der Waals surface area contributed by atoms with Gasteiger partial charge in [0, 0.05) is 55.1 Å². The van der Waals surface area contributed by atoms with Gasteiger partial charge in [-0.15, -0.1) is 46.4 Å². The van der Waals surface area contributed by atoms with Gasteiger partial charge in [0.1, 0.15) is 48.7 Å². The molecule has 20 nitrogen and oxygen atoms in total. The van der Waals surface area contributed by atoms with Crippen LogP contribution in [0.25, 0.3) is 0 Å². The van der Waals surface area contributed by atoms with E-state index in [-0.39, 0.29) is 126 Å². The SMILES string of the molecule is C.C.C.C.CC(C)(C)O.CC(C)(C)OC(=O)NC1(c2ccnc(Br)c2)CC1.CCc1ccnc(Br)c1.ClCCl.ClCCl.N#CC1(c2ccnc(Br)c2)CC1.N#CCc1ccnc(Br)c1.NC1(c2ccnc(Br)c2)CC1.O=C(O)C1(c2ccnc(Br)c2)CC1.O=CC1(c2ccnc(Br)c2)CC1.OCc1ccnc(Br)c1.[C-]#N.[K+]. The fourth-order valence-corrected chi connectivity index (χ4v) is 11.9. The minimum absolute atomic E-state index is 0. The molecule has 0 radical (unpaired) electrons. The van der Waals surface area contributed by atoms with Gasteiger partial charge in [0.15, 0.2) is 0 Å². The number of aliphatic hydroxyl groups is 2. The number of carboxylic acids is 1. The number of carbonyl (C=O) groups is 3. The van der Waals surface area contributed by atoms with E-state index in [0.29, 0.717) is 11.0 Å². The molecule has 112 heavy (non-hydrogen) atoms. The van der Waals surface area contributed by atoms with Gasteiger partial charge in [0.25, 0.3) is 0 Å². The molecule has 8 aromatic heterocycles. The van der Waals surface area contributed by atoms with Crippen molar-refractivity contribution in [2.45, 2.75) is 200 Å². The fourth-order valence-electron chi connectivity index (χ4n) is 8.86. The fraction of sp³-hybridized carbons (Fsp3) is 0.418. The Hall–Kier alpha value is -3.40. The zero-order chi connectivity index (χ0) is 80.7. The number of alkyl halides is 4. The average Bonchev–Trinajstić information content (AvgIpc) is 1.60. The molecule has 8 heterocycles. The van der Waals surface area contributed by atoms with Crippen LogP contribution in [0, 0.1) is 34.5 Å². The van der Waals surface area contributed by atoms with Crippen LogP contribution < -0.4 is 62.4 Å². The summed E-state index contributed by atoms with van der Waals surface area (Å²) in [6.07, 6.45) is 25.4. The largest absolute Gasteiger partial charge is 1.00 e. The number of pyridine rings is 8. The zero-order valence-electron chi connectivity index (χ0n) is 60.5. The first kappa shape index (κ1) is 115. The van der Waals surface area contributed by atoms with E-state index in [0.717, 1.165) is 143 Å². The Balaban J connectivity index is -0.000000582. The third-order valence-corrected chi connectivity index (χ3v) is 18.6. The maximum Gasteiger partial charge on any atom is 1.00 e. The normalized spacial score (nSPS) is 14.0. The predicted molar refractivity (Wildman–Crippen MR) is 475 cm³/mol. The number of rotatable bonds is 11. The Labute approximate surface area is 792 Å². The molecule has 0 atom stereocenters. The molecule has 1 amide bonds. The number of ether oxygens (including phenoxy) is 1. The first-order valence-electron chi connectivity index (χ1n) is 32.5. The second-order valence-electron chi connectivity index (χ2n) is 25.7. The van der Waals surface area contributed by atoms with Gasteiger partial charge in [0.05, 0.1) is 63.2 Å². The van der Waals surface area contributed by atoms with Gasteiger partial charge in [-0.25, -0.2) is 44.7 Å². The van der Waals surface area contributed by atoms with E-state index in [4.69, 9.17) is 94.6 Å². The molecule has 8 aromatic rings. The molecule has 0 spiro atoms. The molecule has 0 aliphatic heterocycles. The zero-order valence-corrected chi connectivity index (χ0v) is 79.4. The Morgan fingerprint density at radius 3 is 1.16 bits per heavy atom. The Bertz CT molecular complexity index is 4130. The van der Waals surface area contributed by atoms with Gasteiger partial charge in [-0.05, 0) is 381 Å². The number of nitrogens with zero attached hydrogens (tertiary/aromatic N) is 11. The molecule has 5 aliphatic carbocycles. The minimum atomic E-state index is -0.731. The summed E-state index contributed by atoms with van der Waals surface area (Å²) < 4.78 is 11.7. The number of nitrogens with one attached hydrogen (secondary N) is 1. The number of carboxylic acid groups (broad SMARTS) is 1. The van der Waals surface area contributed by atoms with Crippen molar-refractivity contribution in [2.75, 3.05) is 10.7 Å². The van der Waals surface area contributed by atoms with E-state index in [1.165, 1.54) is 11.1 Å². The van der Waals surface area contributed by atoms with Crippen LogP contribution in [0.15, 0.2) is 183 Å². The van der Waals surface area contributed by atoms with Crippen LogP contribution in [0.5, 0.6) is 0 Å². The summed E-state index contributed by atoms with van der Waals surface area (Å²) in [4.78, 5) is 65.5. The number of aryl methyl sites for hydroxylation is 1. The molecule has 0 aromatic carbocycles. The van der Waals surface area contributed by atoms with Crippen molar-refractivity contribution in [1.82, 2.24) is 45.2 Å². The van der Waals surface area contributed by atoms with E-state index in [2.05, 4.69) is 192 Å². The molecular weight excluding hydrogens is 2060 g/mol. The van der Waals surface area contributed by atoms with E-state index in [9.17, 15) is 14.4 Å². The van der Waals surface area contributed by atoms with E-state index >= 15 is 0 Å². The van der Waals surface area contributed by atoms with Crippen LogP contribution in [-0.2, 0) is 61.1 Å². The van der Waals surface area contributed by atoms with Crippen molar-refractivity contribution in [1.29, 1.82) is 15.8 Å². The molecule has 6 N–H and O–H groups in total. The van der Waals surface area contributed by atoms with Crippen LogP contribution in [0.2, 0.25) is 0 Å². The molecule has 5 saturated carbocycles. The first-order chi connectivity index (χ1) is 50.5. The molecule has 5 aliphatic rings. The quantitative estimate of drug-likeness (QED) is 0.0264. The maximum absolute atomic E-state index is 11.8. The van der Waals surface area contributed by atoms with Crippen molar-refractivity contribution in [3.8, 4) is 12.1 Å². The van der Waals surface area contributed by atoms with Crippen LogP contribution >= 0.6 is 174 Å². The summed E-state index contributed by atoms with van der Waals surface area (Å²) in [5.74, 6) is -0.731. The standard InChI is InChI=1S/C13H17BrN2O2.C9H7BrN2.C9H8BrNO2.C9H8BrNO.C8H9BrN2.C7H5BrN2.C7H8BrN.C6H6BrNO.C4H10O.2CH2Cl2.CN.4CH4.K/c1-12(2,3)18-11(17)16-13(5-6-13)9-4-7-15-10(14)8-9;10-8-5-7(1-4-12-8)9(6-11)2-3-9;10-7-5-6(1-4-11-7)9(2-3-9)8(12)13;10-8-5-7(1-4-11-8)9(6-12)2-3-9;9-7-5-6(1-4-11-7)8(10)2-3-8;8-7-5-6(1-3-9)2-4-10-7;1-2-6-3-4-9-7(8)5-6;7-6-3-5(4-9)1-2-8-6;1-4(2,3)5;2*2-1-3;1-2;;;;;/h4,7-8H,5-6H2,1-3H3,(H,16,17);1,4-5H,2-3H2;1,4-5H,2-3H2,(H,12,13);1,4-6H,2-3H2;1,4-5H,2-3,10H2;2,4-5H,1H2;3-5H,2H2,1H3;1-3,9H,4H2;5H,1-3H3;2*1H2;;4*1H4;/q;;;;;;;;;;;-1;;;;;+1. The number of halogens is 12. The first-order valence-corrected chi connectivity index (χ1v) is 41.0. The van der Waals surface area contributed by atoms with Crippen molar-refractivity contribution in [3.63, 3.8) is 0 Å². The van der Waals surface area contributed by atoms with Gasteiger partial charge in [0.2, 0.25) is 0 Å². The second-order valence-corrected chi connectivity index (χ2v) is 33.9. The summed E-state index contributed by atoms with van der Waals surface area (Å²) in [6.45, 7) is 17.7. The molecule has 0 saturated heterocycles. The Kier molecular flexibility index (Phi) is 60.0. The molecule has 5 fully saturated rings. The van der Waals surface area contributed by atoms with Gasteiger partial charge < -0.3 is 47.7 Å². The summed E-state index contributed by atoms with van der Waals surface area (Å²) in [5.41, 5.74) is 12.2. The molecule has 0 bridgehead atoms. The smallest absolute Gasteiger partial charge is 0.512 e. The number of aldehydes is 1. The monoisotopic (exact) mass is 2150 g/mol. The van der Waals surface area contributed by atoms with Crippen LogP contribution in [0.1, 0.15) is 187 Å². The molecule has 0 unspecified atom stereocenters. The number of aliphatic carboxylic acids is 1. The Morgan fingerprint density at radius 1 is 0.536 bits per heavy atom. The number of nitrogens with two attached hydrogens (primary N) is 1. The molecular formula is C79H98Br8Cl4KN13O7. The summed E-state index contributed by atoms with van der Waals surface area (Å²) in [5, 5.41) is 53.0. The van der Waals surface area contributed by atoms with Gasteiger partial charge in [-0.2, -0.15) is 10.5 Å². The topological polar surface area (TPSA) is 334 Å². The number of alkyl carbamates (subject to hydrolysis) is 1. The van der Waals surface area contributed by atoms with Crippen LogP contribution in [0.4, 0.5) is 4.79 Å². The summed E-state index contributed by atoms with van der Waals surface area (Å²) >= 11 is 45.2. The van der Waals surface area contributed by atoms with Crippen LogP contribution in [-0.4, -0.2) is 95.4 Å². The predicted octanol–water partition coefficient (Wildman–Crippen LogP) is 20.5. The number of hydrogen-bond donors (Lipinski definition) is 5. The van der Waals surface area contributed by atoms with E-state index < -0.39 is 22.6 Å². The second kappa shape index (κ2) is 58.5. The number of hydrogen-bond acceptors (Lipinski definition) is 18. The summed E-state index contributed by atoms with van der Waals surface area (Å²) in [6, 6.07) is 34.7. The van der Waals surface area contributed by atoms with Gasteiger partial charge in [-0.3, -0.25) is 4.79 Å². The summed E-state index contributed by atoms with van der Waals surface area (Å²) in [7, 11) is 0. The van der Waals surface area contributed by atoms with Crippen molar-refractivity contribution in [2.24, 2.45) is 5.73 Å². The molecule has 13 rings (SSSR count). The number of amides is 1. The minimum Gasteiger partial charge on any atom is -0.512 e. The maximum atomic E-state index is 11.8. The van der Waals surface area contributed by atoms with Crippen molar-refractivity contribution in [3.05, 3.63) is 235 Å². The number of carbonyl (C=O) groups excluding carboxylic acids is 2. The number of aliphatic hydroxyl groups excluding tert-OH is 1.